The standard InChI is InChI=1S/C16H25N3O3/c1-12(2)9-17-15(20)11-19-7-3-6-14(19)16(21)18-10-13-5-4-8-22-13/h4-5,8,12,14H,3,6-7,9-11H2,1-2H3,(H,17,20)(H,18,21). The zero-order chi connectivity index (χ0) is 15.9. The molecule has 1 aromatic rings. The summed E-state index contributed by atoms with van der Waals surface area (Å²) in [5.41, 5.74) is 0. The van der Waals surface area contributed by atoms with Gasteiger partial charge >= 0.3 is 0 Å². The minimum absolute atomic E-state index is 0.0144. The summed E-state index contributed by atoms with van der Waals surface area (Å²) >= 11 is 0. The maximum Gasteiger partial charge on any atom is 0.237 e. The summed E-state index contributed by atoms with van der Waals surface area (Å²) in [5.74, 6) is 1.10. The second kappa shape index (κ2) is 7.98. The van der Waals surface area contributed by atoms with E-state index in [4.69, 9.17) is 4.42 Å². The fourth-order valence-corrected chi connectivity index (χ4v) is 2.58. The van der Waals surface area contributed by atoms with Crippen LogP contribution in [0.5, 0.6) is 0 Å². The zero-order valence-corrected chi connectivity index (χ0v) is 13.3. The van der Waals surface area contributed by atoms with Crippen LogP contribution in [0.15, 0.2) is 22.8 Å². The van der Waals surface area contributed by atoms with E-state index >= 15 is 0 Å². The number of likely N-dealkylation sites (tertiary alicyclic amines) is 1. The number of nitrogens with one attached hydrogen (secondary N) is 2. The van der Waals surface area contributed by atoms with Crippen LogP contribution in [-0.2, 0) is 16.1 Å². The number of nitrogens with zero attached hydrogens (tertiary/aromatic N) is 1. The number of furan rings is 1. The smallest absolute Gasteiger partial charge is 0.237 e. The highest BCUT2D eigenvalue weighted by atomic mass is 16.3. The number of carbonyl (C=O) groups is 2. The van der Waals surface area contributed by atoms with Gasteiger partial charge in [-0.3, -0.25) is 14.5 Å². The lowest BCUT2D eigenvalue weighted by Gasteiger charge is -2.23. The van der Waals surface area contributed by atoms with Gasteiger partial charge in [0.15, 0.2) is 0 Å². The minimum atomic E-state index is -0.222. The topological polar surface area (TPSA) is 74.6 Å². The molecule has 1 aliphatic heterocycles. The van der Waals surface area contributed by atoms with Gasteiger partial charge in [-0.1, -0.05) is 13.8 Å². The third-order valence-corrected chi connectivity index (χ3v) is 3.74. The van der Waals surface area contributed by atoms with Gasteiger partial charge < -0.3 is 15.1 Å². The van der Waals surface area contributed by atoms with E-state index in [1.165, 1.54) is 0 Å². The third kappa shape index (κ3) is 4.87. The summed E-state index contributed by atoms with van der Waals surface area (Å²) in [6.45, 7) is 6.24. The molecule has 1 fully saturated rings. The van der Waals surface area contributed by atoms with Crippen molar-refractivity contribution in [2.24, 2.45) is 5.92 Å². The number of hydrogen-bond donors (Lipinski definition) is 2. The molecule has 0 aliphatic carbocycles. The molecule has 6 heteroatoms. The molecule has 2 N–H and O–H groups in total. The lowest BCUT2D eigenvalue weighted by atomic mass is 10.2. The average Bonchev–Trinajstić information content (AvgIpc) is 3.14. The summed E-state index contributed by atoms with van der Waals surface area (Å²) in [4.78, 5) is 26.1. The average molecular weight is 307 g/mol. The van der Waals surface area contributed by atoms with Crippen LogP contribution in [0, 0.1) is 5.92 Å². The fraction of sp³-hybridized carbons (Fsp3) is 0.625. The molecule has 1 aromatic heterocycles. The van der Waals surface area contributed by atoms with Crippen molar-refractivity contribution in [1.29, 1.82) is 0 Å². The monoisotopic (exact) mass is 307 g/mol. The van der Waals surface area contributed by atoms with Gasteiger partial charge in [0, 0.05) is 6.54 Å². The van der Waals surface area contributed by atoms with Crippen molar-refractivity contribution in [2.45, 2.75) is 39.3 Å². The Balaban J connectivity index is 1.79. The number of rotatable bonds is 7. The van der Waals surface area contributed by atoms with Crippen molar-refractivity contribution in [2.75, 3.05) is 19.6 Å². The minimum Gasteiger partial charge on any atom is -0.467 e. The molecule has 1 saturated heterocycles. The van der Waals surface area contributed by atoms with Crippen LogP contribution in [0.4, 0.5) is 0 Å². The van der Waals surface area contributed by atoms with Crippen LogP contribution in [0.3, 0.4) is 0 Å². The Morgan fingerprint density at radius 3 is 2.91 bits per heavy atom. The van der Waals surface area contributed by atoms with Gasteiger partial charge in [0.1, 0.15) is 5.76 Å². The summed E-state index contributed by atoms with van der Waals surface area (Å²) in [7, 11) is 0. The van der Waals surface area contributed by atoms with Crippen molar-refractivity contribution >= 4 is 11.8 Å². The van der Waals surface area contributed by atoms with Gasteiger partial charge in [-0.2, -0.15) is 0 Å². The largest absolute Gasteiger partial charge is 0.467 e. The second-order valence-corrected chi connectivity index (χ2v) is 6.12. The Kier molecular flexibility index (Phi) is 6.00. The van der Waals surface area contributed by atoms with Crippen molar-refractivity contribution in [3.63, 3.8) is 0 Å². The van der Waals surface area contributed by atoms with Crippen LogP contribution >= 0.6 is 0 Å². The summed E-state index contributed by atoms with van der Waals surface area (Å²) in [5, 5.41) is 5.77. The molecule has 0 aromatic carbocycles. The molecule has 1 atom stereocenters. The first-order valence-electron chi connectivity index (χ1n) is 7.87. The summed E-state index contributed by atoms with van der Waals surface area (Å²) < 4.78 is 5.20. The molecule has 1 aliphatic rings. The quantitative estimate of drug-likeness (QED) is 0.792. The Morgan fingerprint density at radius 2 is 2.23 bits per heavy atom. The predicted octanol–water partition coefficient (Wildman–Crippen LogP) is 1.13. The second-order valence-electron chi connectivity index (χ2n) is 6.12. The molecule has 2 heterocycles. The number of amides is 2. The molecular formula is C16H25N3O3. The fourth-order valence-electron chi connectivity index (χ4n) is 2.58. The Bertz CT molecular complexity index is 485. The maximum atomic E-state index is 12.3. The van der Waals surface area contributed by atoms with E-state index in [2.05, 4.69) is 24.5 Å². The molecule has 22 heavy (non-hydrogen) atoms. The molecule has 0 bridgehead atoms. The van der Waals surface area contributed by atoms with E-state index in [1.54, 1.807) is 12.3 Å². The Hall–Kier alpha value is -1.82. The van der Waals surface area contributed by atoms with Crippen LogP contribution in [0.2, 0.25) is 0 Å². The Labute approximate surface area is 131 Å². The van der Waals surface area contributed by atoms with Crippen LogP contribution in [0.25, 0.3) is 0 Å². The van der Waals surface area contributed by atoms with Crippen molar-refractivity contribution < 1.29 is 14.0 Å². The molecular weight excluding hydrogens is 282 g/mol. The predicted molar refractivity (Wildman–Crippen MR) is 83.0 cm³/mol. The number of hydrogen-bond acceptors (Lipinski definition) is 4. The molecule has 1 unspecified atom stereocenters. The molecule has 0 radical (unpaired) electrons. The molecule has 6 nitrogen and oxygen atoms in total. The van der Waals surface area contributed by atoms with Gasteiger partial charge in [0.25, 0.3) is 0 Å². The van der Waals surface area contributed by atoms with E-state index in [0.717, 1.165) is 25.1 Å². The van der Waals surface area contributed by atoms with Crippen LogP contribution < -0.4 is 10.6 Å². The van der Waals surface area contributed by atoms with E-state index in [1.807, 2.05) is 11.0 Å². The van der Waals surface area contributed by atoms with Crippen LogP contribution in [0.1, 0.15) is 32.4 Å². The third-order valence-electron chi connectivity index (χ3n) is 3.74. The molecule has 122 valence electrons. The van der Waals surface area contributed by atoms with E-state index in [9.17, 15) is 9.59 Å². The first-order valence-corrected chi connectivity index (χ1v) is 7.87. The highest BCUT2D eigenvalue weighted by Crippen LogP contribution is 2.17. The van der Waals surface area contributed by atoms with Gasteiger partial charge in [0.05, 0.1) is 25.4 Å². The van der Waals surface area contributed by atoms with E-state index in [-0.39, 0.29) is 24.4 Å². The molecule has 2 rings (SSSR count). The van der Waals surface area contributed by atoms with Gasteiger partial charge in [-0.05, 0) is 37.4 Å². The number of carbonyl (C=O) groups excluding carboxylic acids is 2. The van der Waals surface area contributed by atoms with E-state index in [0.29, 0.717) is 19.0 Å². The van der Waals surface area contributed by atoms with Crippen LogP contribution in [-0.4, -0.2) is 42.4 Å². The van der Waals surface area contributed by atoms with Gasteiger partial charge in [0.2, 0.25) is 11.8 Å². The Morgan fingerprint density at radius 1 is 1.41 bits per heavy atom. The lowest BCUT2D eigenvalue weighted by molar-refractivity contribution is -0.127. The highest BCUT2D eigenvalue weighted by molar-refractivity contribution is 5.84. The zero-order valence-electron chi connectivity index (χ0n) is 13.3. The van der Waals surface area contributed by atoms with E-state index < -0.39 is 0 Å². The lowest BCUT2D eigenvalue weighted by Crippen LogP contribution is -2.47. The first kappa shape index (κ1) is 16.5. The molecule has 2 amide bonds. The van der Waals surface area contributed by atoms with Crippen molar-refractivity contribution in [3.8, 4) is 0 Å². The summed E-state index contributed by atoms with van der Waals surface area (Å²) in [6.07, 6.45) is 3.32. The molecule has 0 saturated carbocycles. The van der Waals surface area contributed by atoms with Gasteiger partial charge in [-0.25, -0.2) is 0 Å². The van der Waals surface area contributed by atoms with Gasteiger partial charge in [-0.15, -0.1) is 0 Å². The first-order chi connectivity index (χ1) is 10.6. The SMILES string of the molecule is CC(C)CNC(=O)CN1CCCC1C(=O)NCc1ccco1. The normalized spacial score (nSPS) is 18.6. The maximum absolute atomic E-state index is 12.3. The van der Waals surface area contributed by atoms with Crippen molar-refractivity contribution in [1.82, 2.24) is 15.5 Å². The van der Waals surface area contributed by atoms with Crippen molar-refractivity contribution in [3.05, 3.63) is 24.2 Å². The molecule has 0 spiro atoms. The summed E-state index contributed by atoms with van der Waals surface area (Å²) in [6, 6.07) is 3.40. The highest BCUT2D eigenvalue weighted by Gasteiger charge is 2.31.